The first-order valence-electron chi connectivity index (χ1n) is 11.7. The number of benzene rings is 1. The number of nitrogens with one attached hydrogen (secondary N) is 1. The second-order valence-corrected chi connectivity index (χ2v) is 9.41. The maximum atomic E-state index is 13.6. The van der Waals surface area contributed by atoms with Gasteiger partial charge in [-0.2, -0.15) is 0 Å². The Morgan fingerprint density at radius 1 is 1.16 bits per heavy atom. The van der Waals surface area contributed by atoms with Gasteiger partial charge in [0.15, 0.2) is 0 Å². The fourth-order valence-electron chi connectivity index (χ4n) is 4.83. The molecule has 6 heteroatoms. The Bertz CT molecular complexity index is 1120. The average molecular weight is 436 g/mol. The second-order valence-electron chi connectivity index (χ2n) is 9.41. The molecule has 1 aromatic carbocycles. The fraction of sp³-hybridized carbons (Fsp3) is 0.462. The van der Waals surface area contributed by atoms with E-state index >= 15 is 0 Å². The standard InChI is InChI=1S/C26H33N3O3/c1-18(2)15-28-17-23(21-11-5-6-12-22(21)25(28)30)27-26(31)29(16-20-10-8-14-32-20)24-13-7-4-9-19(24)3/h5-6,8,10-12,14,17-19,24H,4,7,9,13,15-16H2,1-3H3,(H,27,31)/t19-,24-/m0/s1. The van der Waals surface area contributed by atoms with Crippen LogP contribution in [0.15, 0.2) is 58.1 Å². The Kier molecular flexibility index (Phi) is 6.68. The van der Waals surface area contributed by atoms with E-state index in [1.165, 1.54) is 6.42 Å². The summed E-state index contributed by atoms with van der Waals surface area (Å²) in [6.45, 7) is 7.41. The predicted octanol–water partition coefficient (Wildman–Crippen LogP) is 5.86. The van der Waals surface area contributed by atoms with E-state index < -0.39 is 0 Å². The minimum Gasteiger partial charge on any atom is -0.467 e. The van der Waals surface area contributed by atoms with Gasteiger partial charge in [-0.15, -0.1) is 0 Å². The summed E-state index contributed by atoms with van der Waals surface area (Å²) < 4.78 is 7.28. The quantitative estimate of drug-likeness (QED) is 0.527. The van der Waals surface area contributed by atoms with Crippen molar-refractivity contribution in [3.8, 4) is 0 Å². The van der Waals surface area contributed by atoms with Gasteiger partial charge in [0.2, 0.25) is 0 Å². The van der Waals surface area contributed by atoms with Gasteiger partial charge < -0.3 is 19.2 Å². The molecule has 1 aliphatic carbocycles. The zero-order chi connectivity index (χ0) is 22.7. The normalized spacial score (nSPS) is 18.8. The van der Waals surface area contributed by atoms with E-state index in [4.69, 9.17) is 4.42 Å². The molecule has 2 heterocycles. The third-order valence-electron chi connectivity index (χ3n) is 6.43. The molecule has 0 radical (unpaired) electrons. The molecule has 0 saturated heterocycles. The molecule has 3 aromatic rings. The second kappa shape index (κ2) is 9.63. The topological polar surface area (TPSA) is 67.5 Å². The largest absolute Gasteiger partial charge is 0.467 e. The lowest BCUT2D eigenvalue weighted by Gasteiger charge is -2.38. The first kappa shape index (κ1) is 22.2. The summed E-state index contributed by atoms with van der Waals surface area (Å²) >= 11 is 0. The highest BCUT2D eigenvalue weighted by Crippen LogP contribution is 2.30. The summed E-state index contributed by atoms with van der Waals surface area (Å²) in [6.07, 6.45) is 7.87. The number of pyridine rings is 1. The van der Waals surface area contributed by atoms with Crippen LogP contribution in [-0.4, -0.2) is 21.5 Å². The number of rotatable bonds is 6. The Labute approximate surface area is 189 Å². The number of carbonyl (C=O) groups excluding carboxylic acids is 1. The summed E-state index contributed by atoms with van der Waals surface area (Å²) in [4.78, 5) is 28.5. The molecule has 0 unspecified atom stereocenters. The molecule has 1 fully saturated rings. The van der Waals surface area contributed by atoms with Crippen molar-refractivity contribution < 1.29 is 9.21 Å². The SMILES string of the molecule is CC(C)Cn1cc(NC(=O)N(Cc2ccco2)[C@H]2CCCC[C@@H]2C)c2ccccc2c1=O. The molecule has 2 aromatic heterocycles. The third kappa shape index (κ3) is 4.74. The number of urea groups is 1. The number of carbonyl (C=O) groups is 1. The van der Waals surface area contributed by atoms with Crippen LogP contribution in [0.25, 0.3) is 10.8 Å². The van der Waals surface area contributed by atoms with Crippen LogP contribution in [0.3, 0.4) is 0 Å². The molecule has 4 rings (SSSR count). The minimum absolute atomic E-state index is 0.0272. The fourth-order valence-corrected chi connectivity index (χ4v) is 4.83. The molecule has 0 aliphatic heterocycles. The number of amides is 2. The van der Waals surface area contributed by atoms with Gasteiger partial charge in [-0.25, -0.2) is 4.79 Å². The van der Waals surface area contributed by atoms with Crippen LogP contribution in [0.4, 0.5) is 10.5 Å². The number of fused-ring (bicyclic) bond motifs is 1. The van der Waals surface area contributed by atoms with Crippen LogP contribution in [0.1, 0.15) is 52.2 Å². The van der Waals surface area contributed by atoms with Crippen molar-refractivity contribution in [1.29, 1.82) is 0 Å². The van der Waals surface area contributed by atoms with Crippen molar-refractivity contribution >= 4 is 22.5 Å². The third-order valence-corrected chi connectivity index (χ3v) is 6.43. The van der Waals surface area contributed by atoms with Crippen LogP contribution in [-0.2, 0) is 13.1 Å². The van der Waals surface area contributed by atoms with Gasteiger partial charge >= 0.3 is 6.03 Å². The van der Waals surface area contributed by atoms with Gasteiger partial charge in [0, 0.05) is 29.6 Å². The zero-order valence-corrected chi connectivity index (χ0v) is 19.2. The van der Waals surface area contributed by atoms with Gasteiger partial charge in [0.1, 0.15) is 5.76 Å². The van der Waals surface area contributed by atoms with Crippen LogP contribution < -0.4 is 10.9 Å². The van der Waals surface area contributed by atoms with Crippen molar-refractivity contribution in [3.05, 3.63) is 65.0 Å². The minimum atomic E-state index is -0.153. The van der Waals surface area contributed by atoms with Crippen molar-refractivity contribution in [2.45, 2.75) is 65.6 Å². The number of hydrogen-bond acceptors (Lipinski definition) is 3. The summed E-state index contributed by atoms with van der Waals surface area (Å²) in [5.41, 5.74) is 0.638. The zero-order valence-electron chi connectivity index (χ0n) is 19.2. The molecule has 170 valence electrons. The lowest BCUT2D eigenvalue weighted by molar-refractivity contribution is 0.124. The molecule has 32 heavy (non-hydrogen) atoms. The Morgan fingerprint density at radius 2 is 1.91 bits per heavy atom. The van der Waals surface area contributed by atoms with Crippen LogP contribution >= 0.6 is 0 Å². The van der Waals surface area contributed by atoms with E-state index in [1.807, 2.05) is 41.3 Å². The molecule has 1 N–H and O–H groups in total. The molecular weight excluding hydrogens is 402 g/mol. The summed E-state index contributed by atoms with van der Waals surface area (Å²) in [5.74, 6) is 1.51. The summed E-state index contributed by atoms with van der Waals surface area (Å²) in [7, 11) is 0. The van der Waals surface area contributed by atoms with Crippen LogP contribution in [0.5, 0.6) is 0 Å². The van der Waals surface area contributed by atoms with E-state index in [0.717, 1.165) is 30.4 Å². The van der Waals surface area contributed by atoms with Gasteiger partial charge in [-0.3, -0.25) is 4.79 Å². The van der Waals surface area contributed by atoms with Crippen LogP contribution in [0, 0.1) is 11.8 Å². The highest BCUT2D eigenvalue weighted by molar-refractivity contribution is 6.01. The van der Waals surface area contributed by atoms with Gasteiger partial charge in [-0.1, -0.05) is 51.8 Å². The lowest BCUT2D eigenvalue weighted by Crippen LogP contribution is -2.46. The van der Waals surface area contributed by atoms with Crippen LogP contribution in [0.2, 0.25) is 0 Å². The monoisotopic (exact) mass is 435 g/mol. The van der Waals surface area contributed by atoms with Crippen molar-refractivity contribution in [2.24, 2.45) is 11.8 Å². The number of aromatic nitrogens is 1. The Hall–Kier alpha value is -3.02. The first-order valence-corrected chi connectivity index (χ1v) is 11.7. The van der Waals surface area contributed by atoms with Gasteiger partial charge in [0.05, 0.1) is 18.5 Å². The Balaban J connectivity index is 1.69. The van der Waals surface area contributed by atoms with Gasteiger partial charge in [0.25, 0.3) is 5.56 Å². The number of furan rings is 1. The molecule has 1 saturated carbocycles. The molecule has 0 spiro atoms. The molecule has 2 amide bonds. The molecule has 1 aliphatic rings. The molecule has 0 bridgehead atoms. The maximum absolute atomic E-state index is 13.6. The van der Waals surface area contributed by atoms with E-state index in [9.17, 15) is 9.59 Å². The summed E-state index contributed by atoms with van der Waals surface area (Å²) in [6, 6.07) is 11.2. The highest BCUT2D eigenvalue weighted by Gasteiger charge is 2.31. The Morgan fingerprint density at radius 3 is 2.59 bits per heavy atom. The molecular formula is C26H33N3O3. The number of nitrogens with zero attached hydrogens (tertiary/aromatic N) is 2. The van der Waals surface area contributed by atoms with Crippen molar-refractivity contribution in [1.82, 2.24) is 9.47 Å². The maximum Gasteiger partial charge on any atom is 0.322 e. The predicted molar refractivity (Wildman–Crippen MR) is 128 cm³/mol. The van der Waals surface area contributed by atoms with E-state index in [-0.39, 0.29) is 17.6 Å². The first-order chi connectivity index (χ1) is 15.4. The van der Waals surface area contributed by atoms with Gasteiger partial charge in [-0.05, 0) is 42.9 Å². The number of hydrogen-bond donors (Lipinski definition) is 1. The number of anilines is 1. The van der Waals surface area contributed by atoms with Crippen molar-refractivity contribution in [3.63, 3.8) is 0 Å². The molecule has 2 atom stereocenters. The highest BCUT2D eigenvalue weighted by atomic mass is 16.3. The smallest absolute Gasteiger partial charge is 0.322 e. The lowest BCUT2D eigenvalue weighted by atomic mass is 9.85. The average Bonchev–Trinajstić information content (AvgIpc) is 3.29. The van der Waals surface area contributed by atoms with E-state index in [0.29, 0.717) is 36.0 Å². The van der Waals surface area contributed by atoms with E-state index in [2.05, 4.69) is 26.1 Å². The molecule has 6 nitrogen and oxygen atoms in total. The van der Waals surface area contributed by atoms with E-state index in [1.54, 1.807) is 17.0 Å². The summed E-state index contributed by atoms with van der Waals surface area (Å²) in [5, 5.41) is 4.53. The van der Waals surface area contributed by atoms with Crippen molar-refractivity contribution in [2.75, 3.05) is 5.32 Å².